The van der Waals surface area contributed by atoms with Gasteiger partial charge in [0.1, 0.15) is 11.8 Å². The van der Waals surface area contributed by atoms with Crippen LogP contribution in [-0.2, 0) is 4.79 Å². The maximum atomic E-state index is 13.3. The van der Waals surface area contributed by atoms with Gasteiger partial charge in [0.2, 0.25) is 11.1 Å². The van der Waals surface area contributed by atoms with Crippen molar-refractivity contribution in [2.75, 3.05) is 24.0 Å². The van der Waals surface area contributed by atoms with Crippen LogP contribution in [0.1, 0.15) is 18.5 Å². The number of hydrogen-bond acceptors (Lipinski definition) is 6. The summed E-state index contributed by atoms with van der Waals surface area (Å²) in [6.07, 6.45) is 1.91. The molecular weight excluding hydrogens is 422 g/mol. The van der Waals surface area contributed by atoms with Gasteiger partial charge < -0.3 is 15.4 Å². The van der Waals surface area contributed by atoms with Crippen molar-refractivity contribution in [2.45, 2.75) is 18.1 Å². The lowest BCUT2D eigenvalue weighted by molar-refractivity contribution is -0.113. The number of fused-ring (bicyclic) bond motifs is 1. The normalized spacial score (nSPS) is 15.4. The summed E-state index contributed by atoms with van der Waals surface area (Å²) in [5, 5.41) is 12.0. The number of methoxy groups -OCH3 is 1. The molecule has 30 heavy (non-hydrogen) atoms. The van der Waals surface area contributed by atoms with Crippen molar-refractivity contribution in [3.8, 4) is 5.75 Å². The van der Waals surface area contributed by atoms with Crippen LogP contribution in [0.25, 0.3) is 0 Å². The summed E-state index contributed by atoms with van der Waals surface area (Å²) < 4.78 is 6.92. The van der Waals surface area contributed by atoms with Crippen LogP contribution in [0.3, 0.4) is 0 Å². The number of halogens is 1. The molecule has 1 amide bonds. The number of rotatable bonds is 5. The number of aromatic nitrogens is 3. The van der Waals surface area contributed by atoms with Gasteiger partial charge in [0.05, 0.1) is 12.7 Å². The molecule has 1 aromatic heterocycles. The van der Waals surface area contributed by atoms with Crippen molar-refractivity contribution in [1.82, 2.24) is 14.8 Å². The number of carbonyl (C=O) groups is 1. The summed E-state index contributed by atoms with van der Waals surface area (Å²) in [5.41, 5.74) is 2.83. The molecule has 2 aromatic carbocycles. The van der Waals surface area contributed by atoms with Gasteiger partial charge in [-0.15, -0.1) is 5.10 Å². The number of carbonyl (C=O) groups excluding carboxylic acids is 1. The molecule has 1 aliphatic rings. The van der Waals surface area contributed by atoms with Gasteiger partial charge in [-0.1, -0.05) is 35.5 Å². The van der Waals surface area contributed by atoms with E-state index in [9.17, 15) is 4.79 Å². The average Bonchev–Trinajstić information content (AvgIpc) is 3.16. The van der Waals surface area contributed by atoms with E-state index in [-0.39, 0.29) is 5.91 Å². The molecule has 0 saturated carbocycles. The monoisotopic (exact) mass is 441 g/mol. The summed E-state index contributed by atoms with van der Waals surface area (Å²) in [6, 6.07) is 14.2. The molecule has 3 aromatic rings. The van der Waals surface area contributed by atoms with E-state index in [0.717, 1.165) is 11.3 Å². The first-order chi connectivity index (χ1) is 14.5. The summed E-state index contributed by atoms with van der Waals surface area (Å²) in [5.74, 6) is 1.09. The highest BCUT2D eigenvalue weighted by Crippen LogP contribution is 2.36. The van der Waals surface area contributed by atoms with Crippen molar-refractivity contribution in [2.24, 2.45) is 0 Å². The van der Waals surface area contributed by atoms with Crippen LogP contribution in [0.2, 0.25) is 5.02 Å². The van der Waals surface area contributed by atoms with E-state index in [4.69, 9.17) is 16.3 Å². The largest absolute Gasteiger partial charge is 0.497 e. The van der Waals surface area contributed by atoms with Gasteiger partial charge in [0.15, 0.2) is 0 Å². The number of amides is 1. The smallest absolute Gasteiger partial charge is 0.255 e. The molecule has 4 rings (SSSR count). The molecule has 9 heteroatoms. The van der Waals surface area contributed by atoms with E-state index >= 15 is 0 Å². The lowest BCUT2D eigenvalue weighted by atomic mass is 9.95. The van der Waals surface area contributed by atoms with Crippen LogP contribution in [0.4, 0.5) is 11.6 Å². The molecule has 0 aliphatic carbocycles. The van der Waals surface area contributed by atoms with E-state index in [0.29, 0.717) is 33.1 Å². The Labute approximate surface area is 183 Å². The van der Waals surface area contributed by atoms with E-state index < -0.39 is 6.04 Å². The van der Waals surface area contributed by atoms with Gasteiger partial charge >= 0.3 is 0 Å². The molecule has 1 aliphatic heterocycles. The van der Waals surface area contributed by atoms with Crippen molar-refractivity contribution >= 4 is 40.9 Å². The van der Waals surface area contributed by atoms with Gasteiger partial charge in [0, 0.05) is 16.4 Å². The maximum absolute atomic E-state index is 13.3. The molecule has 7 nitrogen and oxygen atoms in total. The third-order valence-corrected chi connectivity index (χ3v) is 5.58. The van der Waals surface area contributed by atoms with Crippen molar-refractivity contribution in [3.63, 3.8) is 0 Å². The quantitative estimate of drug-likeness (QED) is 0.563. The number of nitrogens with zero attached hydrogens (tertiary/aromatic N) is 3. The Bertz CT molecular complexity index is 1110. The predicted molar refractivity (Wildman–Crippen MR) is 119 cm³/mol. The van der Waals surface area contributed by atoms with Crippen molar-refractivity contribution in [1.29, 1.82) is 0 Å². The third kappa shape index (κ3) is 3.88. The Kier molecular flexibility index (Phi) is 5.69. The fraction of sp³-hybridized carbons (Fsp3) is 0.190. The van der Waals surface area contributed by atoms with Crippen LogP contribution in [0.15, 0.2) is 65.0 Å². The third-order valence-electron chi connectivity index (χ3n) is 4.79. The highest BCUT2D eigenvalue weighted by atomic mass is 35.5. The molecular formula is C21H20ClN5O2S. The molecule has 0 radical (unpaired) electrons. The molecule has 0 bridgehead atoms. The minimum Gasteiger partial charge on any atom is -0.497 e. The molecule has 0 spiro atoms. The van der Waals surface area contributed by atoms with E-state index in [2.05, 4.69) is 20.7 Å². The lowest BCUT2D eigenvalue weighted by Crippen LogP contribution is -2.31. The predicted octanol–water partition coefficient (Wildman–Crippen LogP) is 4.59. The second-order valence-electron chi connectivity index (χ2n) is 6.67. The van der Waals surface area contributed by atoms with E-state index in [1.54, 1.807) is 48.2 Å². The Hall–Kier alpha value is -2.97. The highest BCUT2D eigenvalue weighted by molar-refractivity contribution is 7.98. The first-order valence-electron chi connectivity index (χ1n) is 9.19. The van der Waals surface area contributed by atoms with Crippen LogP contribution in [0, 0.1) is 0 Å². The Morgan fingerprint density at radius 1 is 1.20 bits per heavy atom. The molecule has 1 atom stereocenters. The minimum absolute atomic E-state index is 0.225. The van der Waals surface area contributed by atoms with Crippen LogP contribution in [-0.4, -0.2) is 34.0 Å². The number of hydrogen-bond donors (Lipinski definition) is 2. The Morgan fingerprint density at radius 2 is 1.90 bits per heavy atom. The van der Waals surface area contributed by atoms with Crippen LogP contribution in [0.5, 0.6) is 5.75 Å². The van der Waals surface area contributed by atoms with Crippen molar-refractivity contribution < 1.29 is 9.53 Å². The zero-order chi connectivity index (χ0) is 21.3. The second-order valence-corrected chi connectivity index (χ2v) is 7.88. The Balaban J connectivity index is 1.74. The first kappa shape index (κ1) is 20.3. The molecule has 2 heterocycles. The fourth-order valence-electron chi connectivity index (χ4n) is 3.34. The van der Waals surface area contributed by atoms with Crippen LogP contribution < -0.4 is 15.4 Å². The molecule has 0 unspecified atom stereocenters. The van der Waals surface area contributed by atoms with E-state index in [1.165, 1.54) is 11.8 Å². The van der Waals surface area contributed by atoms with E-state index in [1.807, 2.05) is 25.3 Å². The zero-order valence-corrected chi connectivity index (χ0v) is 18.2. The number of anilines is 2. The zero-order valence-electron chi connectivity index (χ0n) is 16.6. The van der Waals surface area contributed by atoms with Crippen LogP contribution >= 0.6 is 23.4 Å². The standard InChI is InChI=1S/C21H20ClN5O2S/c1-12-17(19(28)24-15-8-10-16(29-2)11-9-15)18(13-4-6-14(22)7-5-13)27-20(23-12)25-21(26-27)30-3/h4-11,18H,1-3H3,(H,24,28)(H,23,25,26)/t18-/m1/s1. The lowest BCUT2D eigenvalue weighted by Gasteiger charge is -2.28. The summed E-state index contributed by atoms with van der Waals surface area (Å²) in [6.45, 7) is 1.86. The summed E-state index contributed by atoms with van der Waals surface area (Å²) >= 11 is 7.53. The minimum atomic E-state index is -0.440. The topological polar surface area (TPSA) is 81.1 Å². The number of thioether (sulfide) groups is 1. The average molecular weight is 442 g/mol. The number of ether oxygens (including phenoxy) is 1. The Morgan fingerprint density at radius 3 is 2.53 bits per heavy atom. The molecule has 154 valence electrons. The summed E-state index contributed by atoms with van der Waals surface area (Å²) in [7, 11) is 1.60. The number of benzene rings is 2. The molecule has 0 saturated heterocycles. The maximum Gasteiger partial charge on any atom is 0.255 e. The highest BCUT2D eigenvalue weighted by Gasteiger charge is 2.34. The second kappa shape index (κ2) is 8.41. The molecule has 0 fully saturated rings. The van der Waals surface area contributed by atoms with Gasteiger partial charge in [0.25, 0.3) is 5.91 Å². The molecule has 2 N–H and O–H groups in total. The van der Waals surface area contributed by atoms with Gasteiger partial charge in [-0.05, 0) is 55.1 Å². The number of allylic oxidation sites excluding steroid dienone is 1. The number of nitrogens with one attached hydrogen (secondary N) is 2. The SMILES string of the molecule is COc1ccc(NC(=O)C2=C(C)Nc3nc(SC)nn3[C@@H]2c2ccc(Cl)cc2)cc1. The summed E-state index contributed by atoms with van der Waals surface area (Å²) in [4.78, 5) is 17.8. The fourth-order valence-corrected chi connectivity index (χ4v) is 3.81. The van der Waals surface area contributed by atoms with Gasteiger partial charge in [-0.3, -0.25) is 4.79 Å². The van der Waals surface area contributed by atoms with Gasteiger partial charge in [-0.2, -0.15) is 4.98 Å². The van der Waals surface area contributed by atoms with Crippen molar-refractivity contribution in [3.05, 3.63) is 70.4 Å². The van der Waals surface area contributed by atoms with Gasteiger partial charge in [-0.25, -0.2) is 4.68 Å². The first-order valence-corrected chi connectivity index (χ1v) is 10.8.